The van der Waals surface area contributed by atoms with Gasteiger partial charge in [-0.25, -0.2) is 14.8 Å². The van der Waals surface area contributed by atoms with Crippen molar-refractivity contribution in [2.45, 2.75) is 63.7 Å². The fourth-order valence-corrected chi connectivity index (χ4v) is 5.87. The summed E-state index contributed by atoms with van der Waals surface area (Å²) in [6.07, 6.45) is 4.44. The maximum Gasteiger partial charge on any atom is 0.410 e. The molecule has 2 aromatic heterocycles. The molecule has 1 aliphatic heterocycles. The first-order chi connectivity index (χ1) is 18.1. The third-order valence-electron chi connectivity index (χ3n) is 7.02. The fourth-order valence-electron chi connectivity index (χ4n) is 5.25. The van der Waals surface area contributed by atoms with Crippen molar-refractivity contribution in [1.29, 1.82) is 0 Å². The van der Waals surface area contributed by atoms with Crippen molar-refractivity contribution < 1.29 is 19.1 Å². The lowest BCUT2D eigenvalue weighted by Gasteiger charge is -2.40. The summed E-state index contributed by atoms with van der Waals surface area (Å²) >= 11 is 1.61. The number of nitrogens with two attached hydrogens (primary N) is 1. The molecule has 2 aliphatic rings. The van der Waals surface area contributed by atoms with Crippen molar-refractivity contribution in [2.75, 3.05) is 26.0 Å². The number of fused-ring (bicyclic) bond motifs is 2. The average molecular weight is 538 g/mol. The van der Waals surface area contributed by atoms with E-state index in [1.54, 1.807) is 22.7 Å². The molecule has 1 saturated heterocycles. The summed E-state index contributed by atoms with van der Waals surface area (Å²) in [5.41, 5.74) is 9.46. The number of primary amides is 1. The Labute approximate surface area is 227 Å². The van der Waals surface area contributed by atoms with Crippen molar-refractivity contribution >= 4 is 34.7 Å². The molecule has 3 aromatic rings. The Kier molecular flexibility index (Phi) is 7.13. The largest absolute Gasteiger partial charge is 0.444 e. The van der Waals surface area contributed by atoms with E-state index >= 15 is 0 Å². The van der Waals surface area contributed by atoms with E-state index in [4.69, 9.17) is 25.2 Å². The first-order valence-electron chi connectivity index (χ1n) is 13.0. The Bertz CT molecular complexity index is 1390. The predicted molar refractivity (Wildman–Crippen MR) is 147 cm³/mol. The van der Waals surface area contributed by atoms with Crippen molar-refractivity contribution in [3.8, 4) is 5.95 Å². The second-order valence-corrected chi connectivity index (χ2v) is 11.9. The van der Waals surface area contributed by atoms with Gasteiger partial charge in [-0.2, -0.15) is 0 Å². The van der Waals surface area contributed by atoms with E-state index in [0.717, 1.165) is 52.1 Å². The SMILES string of the molecule is CSc1nc(-n2c(C)cc3c(C(N)=O)cccc32)nc2c1CCC[C@@H]2OCC1CN(C(=O)OC(C)(C)C)C1. The molecule has 0 saturated carbocycles. The van der Waals surface area contributed by atoms with E-state index in [1.165, 1.54) is 0 Å². The number of likely N-dealkylation sites (tertiary alicyclic amines) is 1. The predicted octanol–water partition coefficient (Wildman–Crippen LogP) is 4.81. The normalized spacial score (nSPS) is 17.8. The van der Waals surface area contributed by atoms with E-state index in [-0.39, 0.29) is 18.1 Å². The Morgan fingerprint density at radius 2 is 1.97 bits per heavy atom. The zero-order valence-electron chi connectivity index (χ0n) is 22.6. The van der Waals surface area contributed by atoms with Crippen LogP contribution in [0.1, 0.15) is 67.0 Å². The topological polar surface area (TPSA) is 113 Å². The van der Waals surface area contributed by atoms with Gasteiger partial charge in [-0.15, -0.1) is 11.8 Å². The minimum atomic E-state index is -0.498. The number of carbonyl (C=O) groups excluding carboxylic acids is 2. The number of carbonyl (C=O) groups is 2. The Hall–Kier alpha value is -3.11. The monoisotopic (exact) mass is 537 g/mol. The minimum Gasteiger partial charge on any atom is -0.444 e. The van der Waals surface area contributed by atoms with Gasteiger partial charge >= 0.3 is 6.09 Å². The van der Waals surface area contributed by atoms with Crippen LogP contribution < -0.4 is 5.73 Å². The molecule has 10 heteroatoms. The van der Waals surface area contributed by atoms with E-state index in [1.807, 2.05) is 56.7 Å². The van der Waals surface area contributed by atoms with Crippen LogP contribution in [0.2, 0.25) is 0 Å². The summed E-state index contributed by atoms with van der Waals surface area (Å²) in [6, 6.07) is 7.48. The minimum absolute atomic E-state index is 0.134. The number of hydrogen-bond donors (Lipinski definition) is 1. The molecule has 38 heavy (non-hydrogen) atoms. The molecule has 1 aromatic carbocycles. The van der Waals surface area contributed by atoms with Gasteiger partial charge in [-0.05, 0) is 71.4 Å². The summed E-state index contributed by atoms with van der Waals surface area (Å²) < 4.78 is 13.9. The van der Waals surface area contributed by atoms with Gasteiger partial charge in [0.2, 0.25) is 11.9 Å². The highest BCUT2D eigenvalue weighted by molar-refractivity contribution is 7.98. The average Bonchev–Trinajstić information content (AvgIpc) is 3.16. The van der Waals surface area contributed by atoms with Gasteiger partial charge in [0, 0.05) is 41.2 Å². The van der Waals surface area contributed by atoms with Gasteiger partial charge in [-0.3, -0.25) is 9.36 Å². The third-order valence-corrected chi connectivity index (χ3v) is 7.74. The molecular formula is C28H35N5O4S. The van der Waals surface area contributed by atoms with Crippen LogP contribution >= 0.6 is 11.8 Å². The number of amides is 2. The van der Waals surface area contributed by atoms with Gasteiger partial charge in [0.1, 0.15) is 10.6 Å². The van der Waals surface area contributed by atoms with Gasteiger partial charge in [0.05, 0.1) is 23.9 Å². The van der Waals surface area contributed by atoms with Crippen LogP contribution in [0.5, 0.6) is 0 Å². The van der Waals surface area contributed by atoms with Crippen LogP contribution in [0.25, 0.3) is 16.9 Å². The molecule has 2 N–H and O–H groups in total. The van der Waals surface area contributed by atoms with Crippen LogP contribution in [-0.2, 0) is 15.9 Å². The molecule has 5 rings (SSSR count). The molecule has 9 nitrogen and oxygen atoms in total. The molecule has 0 spiro atoms. The van der Waals surface area contributed by atoms with Gasteiger partial charge in [0.25, 0.3) is 0 Å². The molecule has 3 heterocycles. The van der Waals surface area contributed by atoms with Crippen molar-refractivity contribution in [1.82, 2.24) is 19.4 Å². The number of rotatable bonds is 6. The number of hydrogen-bond acceptors (Lipinski definition) is 7. The molecule has 0 radical (unpaired) electrons. The first-order valence-corrected chi connectivity index (χ1v) is 14.2. The highest BCUT2D eigenvalue weighted by atomic mass is 32.2. The van der Waals surface area contributed by atoms with Crippen molar-refractivity contribution in [3.63, 3.8) is 0 Å². The summed E-state index contributed by atoms with van der Waals surface area (Å²) in [5.74, 6) is 0.383. The molecule has 1 fully saturated rings. The second kappa shape index (κ2) is 10.2. The number of thioether (sulfide) groups is 1. The summed E-state index contributed by atoms with van der Waals surface area (Å²) in [7, 11) is 0. The van der Waals surface area contributed by atoms with Crippen LogP contribution in [0.15, 0.2) is 29.3 Å². The van der Waals surface area contributed by atoms with Crippen LogP contribution in [0.3, 0.4) is 0 Å². The number of aryl methyl sites for hydroxylation is 1. The zero-order chi connectivity index (χ0) is 27.2. The highest BCUT2D eigenvalue weighted by Gasteiger charge is 2.35. The van der Waals surface area contributed by atoms with E-state index < -0.39 is 11.5 Å². The molecule has 1 atom stereocenters. The number of benzene rings is 1. The van der Waals surface area contributed by atoms with Gasteiger partial charge < -0.3 is 20.1 Å². The number of nitrogens with zero attached hydrogens (tertiary/aromatic N) is 4. The maximum absolute atomic E-state index is 12.3. The lowest BCUT2D eigenvalue weighted by atomic mass is 9.94. The van der Waals surface area contributed by atoms with Crippen LogP contribution in [0, 0.1) is 12.8 Å². The molecule has 0 bridgehead atoms. The molecular weight excluding hydrogens is 502 g/mol. The third kappa shape index (κ3) is 5.11. The van der Waals surface area contributed by atoms with Gasteiger partial charge in [-0.1, -0.05) is 6.07 Å². The molecule has 202 valence electrons. The van der Waals surface area contributed by atoms with E-state index in [2.05, 4.69) is 0 Å². The van der Waals surface area contributed by atoms with Crippen molar-refractivity contribution in [3.05, 3.63) is 46.8 Å². The lowest BCUT2D eigenvalue weighted by molar-refractivity contribution is -0.0417. The Morgan fingerprint density at radius 3 is 2.66 bits per heavy atom. The quantitative estimate of drug-likeness (QED) is 0.355. The lowest BCUT2D eigenvalue weighted by Crippen LogP contribution is -2.53. The smallest absolute Gasteiger partial charge is 0.410 e. The summed E-state index contributed by atoms with van der Waals surface area (Å²) in [4.78, 5) is 36.0. The summed E-state index contributed by atoms with van der Waals surface area (Å²) in [5, 5.41) is 1.74. The van der Waals surface area contributed by atoms with Crippen LogP contribution in [0.4, 0.5) is 4.79 Å². The highest BCUT2D eigenvalue weighted by Crippen LogP contribution is 2.37. The fraction of sp³-hybridized carbons (Fsp3) is 0.500. The summed E-state index contributed by atoms with van der Waals surface area (Å²) in [6.45, 7) is 9.43. The zero-order valence-corrected chi connectivity index (χ0v) is 23.4. The number of aromatic nitrogens is 3. The van der Waals surface area contributed by atoms with Crippen molar-refractivity contribution in [2.24, 2.45) is 11.7 Å². The Morgan fingerprint density at radius 1 is 1.21 bits per heavy atom. The molecule has 0 unspecified atom stereocenters. The standard InChI is InChI=1S/C28H35N5O4S/c1-16-12-20-18(24(29)34)8-6-10-21(20)33(16)26-30-23-19(25(31-26)38-5)9-7-11-22(23)36-15-17-13-32(14-17)27(35)37-28(2,3)4/h6,8,10,12,17,22H,7,9,11,13-15H2,1-5H3,(H2,29,34)/t22-/m0/s1. The second-order valence-electron chi connectivity index (χ2n) is 11.1. The van der Waals surface area contributed by atoms with E-state index in [9.17, 15) is 9.59 Å². The first kappa shape index (κ1) is 26.5. The maximum atomic E-state index is 12.3. The van der Waals surface area contributed by atoms with E-state index in [0.29, 0.717) is 31.2 Å². The van der Waals surface area contributed by atoms with Crippen LogP contribution in [-0.4, -0.2) is 63.0 Å². The number of ether oxygens (including phenoxy) is 2. The Balaban J connectivity index is 1.39. The molecule has 1 aliphatic carbocycles. The van der Waals surface area contributed by atoms with Gasteiger partial charge in [0.15, 0.2) is 0 Å². The molecule has 2 amide bonds.